The number of aromatic nitrogens is 2. The van der Waals surface area contributed by atoms with E-state index in [0.717, 1.165) is 38.0 Å². The maximum absolute atomic E-state index is 13.2. The maximum Gasteiger partial charge on any atom is 0.276 e. The van der Waals surface area contributed by atoms with Crippen LogP contribution in [0.1, 0.15) is 50.5 Å². The van der Waals surface area contributed by atoms with Gasteiger partial charge in [-0.15, -0.1) is 0 Å². The number of hydrogen-bond acceptors (Lipinski definition) is 5. The second-order valence-electron chi connectivity index (χ2n) is 8.79. The summed E-state index contributed by atoms with van der Waals surface area (Å²) in [7, 11) is 0. The highest BCUT2D eigenvalue weighted by Gasteiger charge is 2.22. The van der Waals surface area contributed by atoms with Gasteiger partial charge in [0, 0.05) is 36.4 Å². The van der Waals surface area contributed by atoms with Crippen molar-refractivity contribution in [2.45, 2.75) is 58.8 Å². The van der Waals surface area contributed by atoms with Crippen molar-refractivity contribution in [3.8, 4) is 0 Å². The highest BCUT2D eigenvalue weighted by atomic mass is 16.5. The van der Waals surface area contributed by atoms with Crippen molar-refractivity contribution >= 4 is 28.1 Å². The average molecular weight is 449 g/mol. The molecule has 0 spiro atoms. The molecular weight excluding hydrogens is 416 g/mol. The lowest BCUT2D eigenvalue weighted by Gasteiger charge is -2.36. The number of rotatable bonds is 7. The Morgan fingerprint density at radius 2 is 1.70 bits per heavy atom. The second kappa shape index (κ2) is 10.2. The Balaban J connectivity index is 1.56. The molecule has 33 heavy (non-hydrogen) atoms. The summed E-state index contributed by atoms with van der Waals surface area (Å²) in [5.41, 5.74) is 1.90. The van der Waals surface area contributed by atoms with Crippen molar-refractivity contribution in [1.82, 2.24) is 9.78 Å². The predicted molar refractivity (Wildman–Crippen MR) is 132 cm³/mol. The molecule has 0 bridgehead atoms. The number of anilines is 2. The van der Waals surface area contributed by atoms with Gasteiger partial charge in [0.2, 0.25) is 0 Å². The number of amides is 1. The van der Waals surface area contributed by atoms with E-state index in [1.165, 1.54) is 4.68 Å². The first-order chi connectivity index (χ1) is 16.0. The van der Waals surface area contributed by atoms with E-state index >= 15 is 0 Å². The van der Waals surface area contributed by atoms with Crippen molar-refractivity contribution in [3.63, 3.8) is 0 Å². The number of nitrogens with one attached hydrogen (secondary N) is 1. The zero-order valence-electron chi connectivity index (χ0n) is 19.6. The number of carbonyl (C=O) groups is 1. The molecule has 0 aliphatic carbocycles. The van der Waals surface area contributed by atoms with Gasteiger partial charge in [0.15, 0.2) is 5.69 Å². The van der Waals surface area contributed by atoms with E-state index in [1.807, 2.05) is 36.4 Å². The number of unbranched alkanes of at least 4 members (excludes halogenated alkanes) is 2. The molecule has 1 aliphatic rings. The van der Waals surface area contributed by atoms with Crippen molar-refractivity contribution < 1.29 is 9.53 Å². The number of carbonyl (C=O) groups excluding carboxylic acids is 1. The standard InChI is InChI=1S/C26H32N4O3/c1-4-5-8-15-30-26(32)23-10-7-6-9-22(23)24(28-30)25(31)27-20-11-13-21(14-12-20)29-16-18(2)33-19(3)17-29/h6-7,9-14,18-19H,4-5,8,15-17H2,1-3H3,(H,27,31). The molecule has 7 nitrogen and oxygen atoms in total. The number of morpholine rings is 1. The third-order valence-corrected chi connectivity index (χ3v) is 5.97. The summed E-state index contributed by atoms with van der Waals surface area (Å²) in [6.07, 6.45) is 3.27. The van der Waals surface area contributed by atoms with Gasteiger partial charge in [0.25, 0.3) is 11.5 Å². The molecule has 2 heterocycles. The minimum absolute atomic E-state index is 0.156. The Hall–Kier alpha value is -3.19. The molecule has 3 aromatic rings. The maximum atomic E-state index is 13.2. The van der Waals surface area contributed by atoms with Crippen molar-refractivity contribution in [2.24, 2.45) is 0 Å². The molecule has 7 heteroatoms. The van der Waals surface area contributed by atoms with E-state index < -0.39 is 0 Å². The van der Waals surface area contributed by atoms with Gasteiger partial charge >= 0.3 is 0 Å². The molecule has 2 unspecified atom stereocenters. The minimum atomic E-state index is -0.322. The van der Waals surface area contributed by atoms with Crippen LogP contribution >= 0.6 is 0 Å². The fraction of sp³-hybridized carbons (Fsp3) is 0.423. The van der Waals surface area contributed by atoms with Gasteiger partial charge in [-0.2, -0.15) is 5.10 Å². The fourth-order valence-electron chi connectivity index (χ4n) is 4.40. The molecule has 1 aromatic heterocycles. The van der Waals surface area contributed by atoms with Gasteiger partial charge in [0.05, 0.1) is 17.6 Å². The van der Waals surface area contributed by atoms with Gasteiger partial charge in [-0.1, -0.05) is 38.0 Å². The zero-order chi connectivity index (χ0) is 23.4. The van der Waals surface area contributed by atoms with Crippen LogP contribution in [0.25, 0.3) is 10.8 Å². The van der Waals surface area contributed by atoms with E-state index in [9.17, 15) is 9.59 Å². The SMILES string of the molecule is CCCCCn1nc(C(=O)Nc2ccc(N3CC(C)OC(C)C3)cc2)c2ccccc2c1=O. The van der Waals surface area contributed by atoms with E-state index in [1.54, 1.807) is 12.1 Å². The van der Waals surface area contributed by atoms with E-state index in [4.69, 9.17) is 4.74 Å². The molecular formula is C26H32N4O3. The van der Waals surface area contributed by atoms with E-state index in [2.05, 4.69) is 36.1 Å². The van der Waals surface area contributed by atoms with Gasteiger partial charge in [-0.3, -0.25) is 9.59 Å². The van der Waals surface area contributed by atoms with Crippen molar-refractivity contribution in [1.29, 1.82) is 0 Å². The molecule has 1 N–H and O–H groups in total. The highest BCUT2D eigenvalue weighted by molar-refractivity contribution is 6.11. The first-order valence-electron chi connectivity index (χ1n) is 11.8. The Kier molecular flexibility index (Phi) is 7.08. The van der Waals surface area contributed by atoms with Crippen LogP contribution in [0.3, 0.4) is 0 Å². The Morgan fingerprint density at radius 3 is 2.36 bits per heavy atom. The molecule has 0 radical (unpaired) electrons. The van der Waals surface area contributed by atoms with Crippen molar-refractivity contribution in [2.75, 3.05) is 23.3 Å². The summed E-state index contributed by atoms with van der Waals surface area (Å²) in [6, 6.07) is 15.0. The molecule has 1 aliphatic heterocycles. The van der Waals surface area contributed by atoms with Crippen molar-refractivity contribution in [3.05, 3.63) is 64.6 Å². The lowest BCUT2D eigenvalue weighted by molar-refractivity contribution is -0.00521. The number of fused-ring (bicyclic) bond motifs is 1. The predicted octanol–water partition coefficient (Wildman–Crippen LogP) is 4.45. The number of nitrogens with zero attached hydrogens (tertiary/aromatic N) is 3. The minimum Gasteiger partial charge on any atom is -0.372 e. The number of ether oxygens (including phenoxy) is 1. The lowest BCUT2D eigenvalue weighted by Crippen LogP contribution is -2.45. The van der Waals surface area contributed by atoms with Crippen LogP contribution in [0, 0.1) is 0 Å². The van der Waals surface area contributed by atoms with Crippen LogP contribution in [0.5, 0.6) is 0 Å². The summed E-state index contributed by atoms with van der Waals surface area (Å²) >= 11 is 0. The monoisotopic (exact) mass is 448 g/mol. The summed E-state index contributed by atoms with van der Waals surface area (Å²) in [4.78, 5) is 28.3. The Morgan fingerprint density at radius 1 is 1.03 bits per heavy atom. The van der Waals surface area contributed by atoms with Gasteiger partial charge in [0.1, 0.15) is 0 Å². The van der Waals surface area contributed by atoms with Gasteiger partial charge < -0.3 is 15.0 Å². The largest absolute Gasteiger partial charge is 0.372 e. The molecule has 0 saturated carbocycles. The van der Waals surface area contributed by atoms with Crippen LogP contribution in [-0.2, 0) is 11.3 Å². The third-order valence-electron chi connectivity index (χ3n) is 5.97. The molecule has 2 aromatic carbocycles. The Labute approximate surface area is 194 Å². The lowest BCUT2D eigenvalue weighted by atomic mass is 10.1. The quantitative estimate of drug-likeness (QED) is 0.541. The molecule has 1 fully saturated rings. The van der Waals surface area contributed by atoms with Crippen LogP contribution in [-0.4, -0.2) is 41.0 Å². The van der Waals surface area contributed by atoms with E-state index in [-0.39, 0.29) is 29.4 Å². The average Bonchev–Trinajstić information content (AvgIpc) is 2.80. The molecule has 1 amide bonds. The fourth-order valence-corrected chi connectivity index (χ4v) is 4.40. The Bertz CT molecular complexity index is 1160. The van der Waals surface area contributed by atoms with E-state index in [0.29, 0.717) is 23.0 Å². The van der Waals surface area contributed by atoms with Crippen LogP contribution in [0.15, 0.2) is 53.3 Å². The topological polar surface area (TPSA) is 76.5 Å². The summed E-state index contributed by atoms with van der Waals surface area (Å²) in [5.74, 6) is -0.322. The molecule has 2 atom stereocenters. The molecule has 4 rings (SSSR count). The van der Waals surface area contributed by atoms with Gasteiger partial charge in [-0.25, -0.2) is 4.68 Å². The highest BCUT2D eigenvalue weighted by Crippen LogP contribution is 2.23. The zero-order valence-corrected chi connectivity index (χ0v) is 19.6. The first kappa shape index (κ1) is 23.0. The summed E-state index contributed by atoms with van der Waals surface area (Å²) in [5, 5.41) is 8.48. The molecule has 1 saturated heterocycles. The summed E-state index contributed by atoms with van der Waals surface area (Å²) in [6.45, 7) is 8.45. The van der Waals surface area contributed by atoms with Crippen LogP contribution in [0.4, 0.5) is 11.4 Å². The smallest absolute Gasteiger partial charge is 0.276 e. The number of hydrogen-bond donors (Lipinski definition) is 1. The van der Waals surface area contributed by atoms with Crippen LogP contribution < -0.4 is 15.8 Å². The normalized spacial score (nSPS) is 18.5. The van der Waals surface area contributed by atoms with Gasteiger partial charge in [-0.05, 0) is 50.6 Å². The summed E-state index contributed by atoms with van der Waals surface area (Å²) < 4.78 is 7.24. The first-order valence-corrected chi connectivity index (χ1v) is 11.8. The number of aryl methyl sites for hydroxylation is 1. The third kappa shape index (κ3) is 5.25. The van der Waals surface area contributed by atoms with Crippen LogP contribution in [0.2, 0.25) is 0 Å². The second-order valence-corrected chi connectivity index (χ2v) is 8.79. The molecule has 174 valence electrons. The number of benzene rings is 2.